The third-order valence-electron chi connectivity index (χ3n) is 5.40. The van der Waals surface area contributed by atoms with Crippen LogP contribution in [0, 0.1) is 11.8 Å². The molecule has 2 heterocycles. The third-order valence-corrected chi connectivity index (χ3v) is 5.40. The maximum absolute atomic E-state index is 12.4. The molecule has 0 fully saturated rings. The van der Waals surface area contributed by atoms with E-state index < -0.39 is 11.8 Å². The first-order valence-corrected chi connectivity index (χ1v) is 10.4. The predicted octanol–water partition coefficient (Wildman–Crippen LogP) is 2.21. The van der Waals surface area contributed by atoms with E-state index in [0.29, 0.717) is 35.9 Å². The van der Waals surface area contributed by atoms with E-state index in [-0.39, 0.29) is 11.8 Å². The van der Waals surface area contributed by atoms with Crippen molar-refractivity contribution in [2.24, 2.45) is 32.0 Å². The van der Waals surface area contributed by atoms with Gasteiger partial charge in [-0.3, -0.25) is 19.6 Å². The van der Waals surface area contributed by atoms with Gasteiger partial charge in [0.05, 0.1) is 35.9 Å². The Hall–Kier alpha value is -3.94. The summed E-state index contributed by atoms with van der Waals surface area (Å²) >= 11 is 0. The van der Waals surface area contributed by atoms with Crippen LogP contribution in [0.5, 0.6) is 0 Å². The van der Waals surface area contributed by atoms with Crippen molar-refractivity contribution in [3.63, 3.8) is 0 Å². The summed E-state index contributed by atoms with van der Waals surface area (Å²) in [5, 5.41) is 8.12. The zero-order valence-corrected chi connectivity index (χ0v) is 17.9. The number of hydrogen-bond donors (Lipinski definition) is 2. The largest absolute Gasteiger partial charge is 0.286 e. The third kappa shape index (κ3) is 4.39. The second kappa shape index (κ2) is 9.47. The molecule has 0 bridgehead atoms. The molecule has 32 heavy (non-hydrogen) atoms. The maximum Gasteiger partial charge on any atom is 0.255 e. The van der Waals surface area contributed by atoms with Gasteiger partial charge >= 0.3 is 0 Å². The van der Waals surface area contributed by atoms with Crippen LogP contribution in [0.4, 0.5) is 0 Å². The fraction of sp³-hybridized carbons (Fsp3) is 0.250. The molecular weight excluding hydrogens is 404 g/mol. The summed E-state index contributed by atoms with van der Waals surface area (Å²) in [7, 11) is 0. The summed E-state index contributed by atoms with van der Waals surface area (Å²) in [4.78, 5) is 34.2. The number of benzene rings is 2. The monoisotopic (exact) mass is 428 g/mol. The molecule has 0 aliphatic carbocycles. The van der Waals surface area contributed by atoms with Gasteiger partial charge in [0, 0.05) is 0 Å². The lowest BCUT2D eigenvalue weighted by molar-refractivity contribution is -0.121. The molecule has 2 amide bonds. The van der Waals surface area contributed by atoms with Crippen molar-refractivity contribution < 1.29 is 9.59 Å². The SMILES string of the molecule is CC1=NNC(=O)C1C(=NCCN=C(c1ccccc1)C1C(=O)NN=C1C)c1ccccc1. The van der Waals surface area contributed by atoms with Gasteiger partial charge in [-0.25, -0.2) is 10.9 Å². The van der Waals surface area contributed by atoms with Gasteiger partial charge in [0.1, 0.15) is 11.8 Å². The fourth-order valence-electron chi connectivity index (χ4n) is 3.83. The number of hydrogen-bond acceptors (Lipinski definition) is 6. The van der Waals surface area contributed by atoms with Crippen LogP contribution in [0.15, 0.2) is 80.9 Å². The van der Waals surface area contributed by atoms with Crippen LogP contribution in [0.3, 0.4) is 0 Å². The van der Waals surface area contributed by atoms with Crippen LogP contribution in [0.1, 0.15) is 25.0 Å². The van der Waals surface area contributed by atoms with Crippen LogP contribution in [0.2, 0.25) is 0 Å². The summed E-state index contributed by atoms with van der Waals surface area (Å²) in [6.07, 6.45) is 0. The van der Waals surface area contributed by atoms with Gasteiger partial charge in [-0.15, -0.1) is 0 Å². The van der Waals surface area contributed by atoms with Crippen LogP contribution < -0.4 is 10.9 Å². The fourth-order valence-corrected chi connectivity index (χ4v) is 3.83. The first-order chi connectivity index (χ1) is 15.6. The molecule has 0 radical (unpaired) electrons. The number of rotatable bonds is 7. The van der Waals surface area contributed by atoms with Crippen LogP contribution >= 0.6 is 0 Å². The van der Waals surface area contributed by atoms with Gasteiger partial charge in [0.25, 0.3) is 11.8 Å². The van der Waals surface area contributed by atoms with E-state index in [2.05, 4.69) is 21.1 Å². The van der Waals surface area contributed by atoms with Crippen molar-refractivity contribution in [2.75, 3.05) is 13.1 Å². The molecule has 4 rings (SSSR count). The smallest absolute Gasteiger partial charge is 0.255 e. The molecular formula is C24H24N6O2. The van der Waals surface area contributed by atoms with E-state index in [1.165, 1.54) is 0 Å². The lowest BCUT2D eigenvalue weighted by Crippen LogP contribution is -2.31. The summed E-state index contributed by atoms with van der Waals surface area (Å²) in [5.74, 6) is -1.42. The van der Waals surface area contributed by atoms with Crippen LogP contribution in [0.25, 0.3) is 0 Å². The van der Waals surface area contributed by atoms with E-state index in [4.69, 9.17) is 9.98 Å². The van der Waals surface area contributed by atoms with E-state index >= 15 is 0 Å². The van der Waals surface area contributed by atoms with Gasteiger partial charge < -0.3 is 0 Å². The Morgan fingerprint density at radius 1 is 0.719 bits per heavy atom. The minimum absolute atomic E-state index is 0.187. The Morgan fingerprint density at radius 2 is 1.09 bits per heavy atom. The summed E-state index contributed by atoms with van der Waals surface area (Å²) in [5.41, 5.74) is 9.48. The maximum atomic E-state index is 12.4. The zero-order chi connectivity index (χ0) is 22.5. The lowest BCUT2D eigenvalue weighted by atomic mass is 9.92. The van der Waals surface area contributed by atoms with Gasteiger partial charge in [-0.05, 0) is 25.0 Å². The standard InChI is InChI=1S/C24H24N6O2/c1-15-19(23(31)29-27-15)21(17-9-5-3-6-10-17)25-13-14-26-22(18-11-7-4-8-12-18)20-16(2)28-30-24(20)32/h3-12,19-20H,13-14H2,1-2H3,(H,29,31)(H,30,32). The van der Waals surface area contributed by atoms with Crippen molar-refractivity contribution in [3.8, 4) is 0 Å². The molecule has 0 aromatic heterocycles. The molecule has 0 saturated heterocycles. The van der Waals surface area contributed by atoms with Gasteiger partial charge in [0.15, 0.2) is 0 Å². The highest BCUT2D eigenvalue weighted by atomic mass is 16.2. The molecule has 2 unspecified atom stereocenters. The second-order valence-electron chi connectivity index (χ2n) is 7.59. The highest BCUT2D eigenvalue weighted by Crippen LogP contribution is 2.18. The predicted molar refractivity (Wildman–Crippen MR) is 125 cm³/mol. The van der Waals surface area contributed by atoms with E-state index in [1.807, 2.05) is 74.5 Å². The van der Waals surface area contributed by atoms with Gasteiger partial charge in [-0.2, -0.15) is 10.2 Å². The van der Waals surface area contributed by atoms with E-state index in [0.717, 1.165) is 11.1 Å². The van der Waals surface area contributed by atoms with Crippen molar-refractivity contribution in [3.05, 3.63) is 71.8 Å². The molecule has 2 N–H and O–H groups in total. The van der Waals surface area contributed by atoms with E-state index in [1.54, 1.807) is 0 Å². The first kappa shape index (κ1) is 21.3. The van der Waals surface area contributed by atoms with Gasteiger partial charge in [0.2, 0.25) is 0 Å². The molecule has 2 aliphatic rings. The lowest BCUT2D eigenvalue weighted by Gasteiger charge is -2.14. The average Bonchev–Trinajstić information content (AvgIpc) is 3.33. The summed E-state index contributed by atoms with van der Waals surface area (Å²) < 4.78 is 0. The molecule has 2 aromatic carbocycles. The normalized spacial score (nSPS) is 21.2. The Balaban J connectivity index is 1.61. The molecule has 8 nitrogen and oxygen atoms in total. The van der Waals surface area contributed by atoms with Crippen LogP contribution in [-0.2, 0) is 9.59 Å². The number of aliphatic imine (C=N–C) groups is 2. The Bertz CT molecular complexity index is 1040. The summed E-state index contributed by atoms with van der Waals surface area (Å²) in [6.45, 7) is 4.35. The van der Waals surface area contributed by atoms with Crippen molar-refractivity contribution in [1.82, 2.24) is 10.9 Å². The summed E-state index contributed by atoms with van der Waals surface area (Å²) in [6, 6.07) is 19.2. The first-order valence-electron chi connectivity index (χ1n) is 10.4. The minimum atomic E-state index is -0.523. The average molecular weight is 428 g/mol. The minimum Gasteiger partial charge on any atom is -0.286 e. The molecule has 2 aliphatic heterocycles. The number of nitrogens with one attached hydrogen (secondary N) is 2. The molecule has 0 saturated carbocycles. The highest BCUT2D eigenvalue weighted by molar-refractivity contribution is 6.29. The molecule has 0 spiro atoms. The molecule has 8 heteroatoms. The topological polar surface area (TPSA) is 108 Å². The van der Waals surface area contributed by atoms with Crippen molar-refractivity contribution >= 4 is 34.7 Å². The number of carbonyl (C=O) groups excluding carboxylic acids is 2. The van der Waals surface area contributed by atoms with Gasteiger partial charge in [-0.1, -0.05) is 60.7 Å². The number of carbonyl (C=O) groups is 2. The Labute approximate surface area is 186 Å². The Morgan fingerprint density at radius 3 is 1.41 bits per heavy atom. The Kier molecular flexibility index (Phi) is 6.30. The number of amides is 2. The highest BCUT2D eigenvalue weighted by Gasteiger charge is 2.33. The van der Waals surface area contributed by atoms with E-state index in [9.17, 15) is 9.59 Å². The molecule has 162 valence electrons. The zero-order valence-electron chi connectivity index (χ0n) is 17.9. The van der Waals surface area contributed by atoms with Crippen molar-refractivity contribution in [1.29, 1.82) is 0 Å². The second-order valence-corrected chi connectivity index (χ2v) is 7.59. The molecule has 2 aromatic rings. The number of nitrogens with zero attached hydrogens (tertiary/aromatic N) is 4. The quantitative estimate of drug-likeness (QED) is 0.521. The number of hydrazone groups is 2. The van der Waals surface area contributed by atoms with Crippen LogP contribution in [-0.4, -0.2) is 47.8 Å². The molecule has 2 atom stereocenters. The van der Waals surface area contributed by atoms with Crippen molar-refractivity contribution in [2.45, 2.75) is 13.8 Å².